The van der Waals surface area contributed by atoms with Crippen LogP contribution in [0.5, 0.6) is 0 Å². The lowest BCUT2D eigenvalue weighted by Gasteiger charge is -2.23. The van der Waals surface area contributed by atoms with Gasteiger partial charge in [-0.1, -0.05) is 11.6 Å². The summed E-state index contributed by atoms with van der Waals surface area (Å²) in [4.78, 5) is 12.5. The molecule has 2 fully saturated rings. The first-order chi connectivity index (χ1) is 11.7. The van der Waals surface area contributed by atoms with Crippen LogP contribution in [-0.4, -0.2) is 34.4 Å². The van der Waals surface area contributed by atoms with Crippen LogP contribution in [0.3, 0.4) is 0 Å². The predicted octanol–water partition coefficient (Wildman–Crippen LogP) is 3.68. The molecule has 9 heteroatoms. The minimum absolute atomic E-state index is 0.0639. The topological polar surface area (TPSA) is 56.1 Å². The maximum absolute atomic E-state index is 13.1. The van der Waals surface area contributed by atoms with Gasteiger partial charge in [0, 0.05) is 12.5 Å². The number of carbonyl (C=O) groups excluding carboxylic acids is 1. The van der Waals surface area contributed by atoms with Crippen LogP contribution in [0.25, 0.3) is 0 Å². The fourth-order valence-corrected chi connectivity index (χ4v) is 3.56. The summed E-state index contributed by atoms with van der Waals surface area (Å²) in [7, 11) is 0. The number of rotatable bonds is 5. The monoisotopic (exact) mass is 379 g/mol. The number of hydrogen-bond acceptors (Lipinski definition) is 3. The standard InChI is InChI=1S/C16H21ClF3N3O2/c1-8(11-4-3-7-25-11)21-15(24)9(2)23-13(10-5-6-10)12(17)14(22-23)16(18,19)20/h8-11H,3-7H2,1-2H3,(H,21,24)/t8-,9-,11-/m1/s1. The Morgan fingerprint density at radius 3 is 2.56 bits per heavy atom. The van der Waals surface area contributed by atoms with Crippen molar-refractivity contribution in [1.82, 2.24) is 15.1 Å². The van der Waals surface area contributed by atoms with Gasteiger partial charge in [-0.15, -0.1) is 0 Å². The Labute approximate surface area is 148 Å². The molecule has 0 aromatic carbocycles. The lowest BCUT2D eigenvalue weighted by molar-refractivity contribution is -0.142. The van der Waals surface area contributed by atoms with Crippen molar-refractivity contribution in [3.05, 3.63) is 16.4 Å². The third kappa shape index (κ3) is 3.79. The Balaban J connectivity index is 1.81. The molecular weight excluding hydrogens is 359 g/mol. The summed E-state index contributed by atoms with van der Waals surface area (Å²) in [6.07, 6.45) is -1.41. The van der Waals surface area contributed by atoms with Gasteiger partial charge in [-0.25, -0.2) is 0 Å². The highest BCUT2D eigenvalue weighted by atomic mass is 35.5. The van der Waals surface area contributed by atoms with Crippen molar-refractivity contribution in [2.75, 3.05) is 6.61 Å². The van der Waals surface area contributed by atoms with Gasteiger partial charge in [0.15, 0.2) is 5.69 Å². The molecule has 2 heterocycles. The van der Waals surface area contributed by atoms with E-state index in [4.69, 9.17) is 16.3 Å². The summed E-state index contributed by atoms with van der Waals surface area (Å²) in [5.41, 5.74) is -0.815. The molecule has 1 saturated heterocycles. The minimum atomic E-state index is -4.65. The summed E-state index contributed by atoms with van der Waals surface area (Å²) >= 11 is 5.95. The number of aromatic nitrogens is 2. The van der Waals surface area contributed by atoms with Gasteiger partial charge >= 0.3 is 6.18 Å². The molecule has 1 N–H and O–H groups in total. The highest BCUT2D eigenvalue weighted by Crippen LogP contribution is 2.47. The summed E-state index contributed by atoms with van der Waals surface area (Å²) in [5.74, 6) is -0.459. The Morgan fingerprint density at radius 1 is 1.36 bits per heavy atom. The van der Waals surface area contributed by atoms with Gasteiger partial charge in [0.1, 0.15) is 6.04 Å². The molecule has 0 spiro atoms. The van der Waals surface area contributed by atoms with Crippen LogP contribution in [0.1, 0.15) is 62.9 Å². The van der Waals surface area contributed by atoms with Gasteiger partial charge < -0.3 is 10.1 Å². The molecular formula is C16H21ClF3N3O2. The Hall–Kier alpha value is -1.28. The maximum Gasteiger partial charge on any atom is 0.436 e. The molecule has 3 atom stereocenters. The molecule has 1 aromatic heterocycles. The number of alkyl halides is 3. The van der Waals surface area contributed by atoms with E-state index in [-0.39, 0.29) is 23.1 Å². The third-order valence-corrected chi connectivity index (χ3v) is 5.13. The smallest absolute Gasteiger partial charge is 0.376 e. The fourth-order valence-electron chi connectivity index (χ4n) is 3.17. The SMILES string of the molecule is C[C@H](C(=O)N[C@H](C)[C@H]1CCCO1)n1nc(C(F)(F)F)c(Cl)c1C1CC1. The average molecular weight is 380 g/mol. The van der Waals surface area contributed by atoms with Gasteiger partial charge in [0.2, 0.25) is 5.91 Å². The molecule has 3 rings (SSSR count). The number of nitrogens with one attached hydrogen (secondary N) is 1. The molecule has 1 aromatic rings. The maximum atomic E-state index is 13.1. The van der Waals surface area contributed by atoms with Crippen LogP contribution >= 0.6 is 11.6 Å². The van der Waals surface area contributed by atoms with Crippen LogP contribution in [0.2, 0.25) is 5.02 Å². The van der Waals surface area contributed by atoms with E-state index in [0.29, 0.717) is 12.3 Å². The molecule has 25 heavy (non-hydrogen) atoms. The van der Waals surface area contributed by atoms with E-state index in [1.807, 2.05) is 6.92 Å². The number of halogens is 4. The highest BCUT2D eigenvalue weighted by molar-refractivity contribution is 6.32. The van der Waals surface area contributed by atoms with E-state index >= 15 is 0 Å². The number of nitrogens with zero attached hydrogens (tertiary/aromatic N) is 2. The van der Waals surface area contributed by atoms with Gasteiger partial charge in [-0.2, -0.15) is 18.3 Å². The van der Waals surface area contributed by atoms with E-state index in [0.717, 1.165) is 30.4 Å². The summed E-state index contributed by atoms with van der Waals surface area (Å²) in [6.45, 7) is 4.03. The quantitative estimate of drug-likeness (QED) is 0.849. The van der Waals surface area contributed by atoms with Gasteiger partial charge in [0.05, 0.1) is 22.9 Å². The average Bonchev–Trinajstić information content (AvgIpc) is 3.08. The van der Waals surface area contributed by atoms with Gasteiger partial charge in [-0.05, 0) is 39.5 Å². The second-order valence-corrected chi connectivity index (χ2v) is 7.17. The molecule has 140 valence electrons. The van der Waals surface area contributed by atoms with Crippen molar-refractivity contribution < 1.29 is 22.7 Å². The summed E-state index contributed by atoms with van der Waals surface area (Å²) in [5, 5.41) is 6.07. The van der Waals surface area contributed by atoms with E-state index in [2.05, 4.69) is 10.4 Å². The number of amides is 1. The van der Waals surface area contributed by atoms with Crippen molar-refractivity contribution in [3.63, 3.8) is 0 Å². The van der Waals surface area contributed by atoms with E-state index in [9.17, 15) is 18.0 Å². The lowest BCUT2D eigenvalue weighted by Crippen LogP contribution is -2.44. The zero-order valence-corrected chi connectivity index (χ0v) is 14.8. The molecule has 0 bridgehead atoms. The lowest BCUT2D eigenvalue weighted by atomic mass is 10.1. The molecule has 2 aliphatic rings. The zero-order valence-electron chi connectivity index (χ0n) is 14.1. The molecule has 1 amide bonds. The van der Waals surface area contributed by atoms with Crippen molar-refractivity contribution in [2.24, 2.45) is 0 Å². The van der Waals surface area contributed by atoms with Crippen LogP contribution in [0.4, 0.5) is 13.2 Å². The number of ether oxygens (including phenoxy) is 1. The molecule has 0 radical (unpaired) electrons. The molecule has 1 aliphatic carbocycles. The van der Waals surface area contributed by atoms with Gasteiger partial charge in [-0.3, -0.25) is 9.48 Å². The Bertz CT molecular complexity index is 652. The normalized spacial score (nSPS) is 23.5. The fraction of sp³-hybridized carbons (Fsp3) is 0.750. The molecule has 5 nitrogen and oxygen atoms in total. The molecule has 0 unspecified atom stereocenters. The van der Waals surface area contributed by atoms with Gasteiger partial charge in [0.25, 0.3) is 0 Å². The summed E-state index contributed by atoms with van der Waals surface area (Å²) < 4.78 is 46.1. The van der Waals surface area contributed by atoms with E-state index in [1.54, 1.807) is 0 Å². The Kier molecular flexibility index (Phi) is 5.03. The highest BCUT2D eigenvalue weighted by Gasteiger charge is 2.43. The van der Waals surface area contributed by atoms with E-state index in [1.165, 1.54) is 6.92 Å². The second-order valence-electron chi connectivity index (χ2n) is 6.79. The second kappa shape index (κ2) is 6.79. The van der Waals surface area contributed by atoms with Crippen molar-refractivity contribution in [1.29, 1.82) is 0 Å². The van der Waals surface area contributed by atoms with Crippen LogP contribution in [0.15, 0.2) is 0 Å². The number of carbonyl (C=O) groups is 1. The van der Waals surface area contributed by atoms with Crippen molar-refractivity contribution in [2.45, 2.75) is 69.8 Å². The van der Waals surface area contributed by atoms with Crippen molar-refractivity contribution >= 4 is 17.5 Å². The number of hydrogen-bond donors (Lipinski definition) is 1. The summed E-state index contributed by atoms with van der Waals surface area (Å²) in [6, 6.07) is -1.09. The van der Waals surface area contributed by atoms with E-state index < -0.39 is 23.8 Å². The largest absolute Gasteiger partial charge is 0.436 e. The Morgan fingerprint density at radius 2 is 2.04 bits per heavy atom. The first-order valence-corrected chi connectivity index (χ1v) is 8.85. The molecule has 1 saturated carbocycles. The third-order valence-electron chi connectivity index (χ3n) is 4.76. The minimum Gasteiger partial charge on any atom is -0.376 e. The first-order valence-electron chi connectivity index (χ1n) is 8.47. The first kappa shape index (κ1) is 18.5. The van der Waals surface area contributed by atoms with Crippen LogP contribution < -0.4 is 5.32 Å². The zero-order chi connectivity index (χ0) is 18.4. The van der Waals surface area contributed by atoms with Crippen LogP contribution in [-0.2, 0) is 15.7 Å². The molecule has 1 aliphatic heterocycles. The van der Waals surface area contributed by atoms with Crippen LogP contribution in [0, 0.1) is 0 Å². The van der Waals surface area contributed by atoms with Crippen molar-refractivity contribution in [3.8, 4) is 0 Å². The predicted molar refractivity (Wildman–Crippen MR) is 85.5 cm³/mol.